The van der Waals surface area contributed by atoms with Gasteiger partial charge in [-0.2, -0.15) is 0 Å². The molecule has 3 unspecified atom stereocenters. The van der Waals surface area contributed by atoms with E-state index in [2.05, 4.69) is 0 Å². The number of phenols is 2. The van der Waals surface area contributed by atoms with Crippen molar-refractivity contribution in [3.05, 3.63) is 45.8 Å². The van der Waals surface area contributed by atoms with Gasteiger partial charge in [-0.1, -0.05) is 6.07 Å². The monoisotopic (exact) mass is 466 g/mol. The Kier molecular flexibility index (Phi) is 4.18. The van der Waals surface area contributed by atoms with Crippen LogP contribution in [0.25, 0.3) is 22.1 Å². The average molecular weight is 466 g/mol. The Hall–Kier alpha value is -3.23. The highest BCUT2D eigenvalue weighted by Crippen LogP contribution is 2.61. The summed E-state index contributed by atoms with van der Waals surface area (Å²) < 4.78 is 29.5. The first-order valence-electron chi connectivity index (χ1n) is 11.3. The summed E-state index contributed by atoms with van der Waals surface area (Å²) in [5, 5.41) is 21.5. The Balaban J connectivity index is 1.62. The van der Waals surface area contributed by atoms with Crippen molar-refractivity contribution in [3.63, 3.8) is 0 Å². The van der Waals surface area contributed by atoms with Crippen LogP contribution in [0.3, 0.4) is 0 Å². The Morgan fingerprint density at radius 2 is 1.85 bits per heavy atom. The van der Waals surface area contributed by atoms with E-state index < -0.39 is 17.1 Å². The zero-order valence-electron chi connectivity index (χ0n) is 19.6. The van der Waals surface area contributed by atoms with Gasteiger partial charge in [0.05, 0.1) is 35.5 Å². The Bertz CT molecular complexity index is 1410. The molecule has 1 aromatic heterocycles. The highest BCUT2D eigenvalue weighted by Gasteiger charge is 2.59. The van der Waals surface area contributed by atoms with Gasteiger partial charge in [-0.3, -0.25) is 4.79 Å². The summed E-state index contributed by atoms with van der Waals surface area (Å²) in [6.45, 7) is 7.83. The van der Waals surface area contributed by atoms with Crippen molar-refractivity contribution in [3.8, 4) is 34.1 Å². The van der Waals surface area contributed by atoms with Crippen molar-refractivity contribution in [1.29, 1.82) is 0 Å². The van der Waals surface area contributed by atoms with E-state index in [1.165, 1.54) is 19.4 Å². The summed E-state index contributed by atoms with van der Waals surface area (Å²) in [4.78, 5) is 13.7. The maximum Gasteiger partial charge on any atom is 0.204 e. The molecule has 6 rings (SSSR count). The third-order valence-corrected chi connectivity index (χ3v) is 7.00. The topological polar surface area (TPSA) is 111 Å². The lowest BCUT2D eigenvalue weighted by Gasteiger charge is -2.44. The van der Waals surface area contributed by atoms with Crippen LogP contribution in [0, 0.1) is 0 Å². The predicted molar refractivity (Wildman–Crippen MR) is 123 cm³/mol. The molecule has 3 atom stereocenters. The van der Waals surface area contributed by atoms with E-state index in [9.17, 15) is 15.0 Å². The fraction of sp³-hybridized carbons (Fsp3) is 0.423. The minimum Gasteiger partial charge on any atom is -0.506 e. The molecule has 8 heteroatoms. The van der Waals surface area contributed by atoms with Crippen molar-refractivity contribution in [2.24, 2.45) is 0 Å². The Morgan fingerprint density at radius 1 is 1.12 bits per heavy atom. The van der Waals surface area contributed by atoms with E-state index in [0.29, 0.717) is 28.9 Å². The third kappa shape index (κ3) is 2.88. The molecule has 2 fully saturated rings. The third-order valence-electron chi connectivity index (χ3n) is 7.00. The number of ether oxygens (including phenoxy) is 4. The molecule has 0 bridgehead atoms. The largest absolute Gasteiger partial charge is 0.506 e. The number of methoxy groups -OCH3 is 1. The van der Waals surface area contributed by atoms with E-state index in [1.54, 1.807) is 12.1 Å². The number of epoxide rings is 1. The molecule has 0 aliphatic carbocycles. The van der Waals surface area contributed by atoms with Gasteiger partial charge in [0.15, 0.2) is 17.1 Å². The van der Waals surface area contributed by atoms with Crippen LogP contribution in [0.4, 0.5) is 0 Å². The fourth-order valence-corrected chi connectivity index (χ4v) is 5.25. The molecule has 0 saturated carbocycles. The summed E-state index contributed by atoms with van der Waals surface area (Å²) in [6, 6.07) is 4.58. The minimum absolute atomic E-state index is 0.0444. The molecule has 2 saturated heterocycles. The summed E-state index contributed by atoms with van der Waals surface area (Å²) in [7, 11) is 1.43. The lowest BCUT2D eigenvalue weighted by molar-refractivity contribution is -0.189. The zero-order valence-corrected chi connectivity index (χ0v) is 19.6. The van der Waals surface area contributed by atoms with Crippen LogP contribution < -0.4 is 14.9 Å². The van der Waals surface area contributed by atoms with Gasteiger partial charge in [-0.15, -0.1) is 0 Å². The first kappa shape index (κ1) is 21.3. The molecular formula is C26H26O8. The van der Waals surface area contributed by atoms with Gasteiger partial charge in [-0.05, 0) is 45.4 Å². The number of fused-ring (bicyclic) bond motifs is 5. The number of benzene rings is 2. The SMILES string of the molecule is COc1cc(-c2coc3c4c(c(C5CC(C)(C)O5)c(O)c3c2=O)OC(C)(C)C2OC42)ccc1O. The van der Waals surface area contributed by atoms with Gasteiger partial charge in [0.25, 0.3) is 0 Å². The van der Waals surface area contributed by atoms with Gasteiger partial charge in [0.2, 0.25) is 5.43 Å². The quantitative estimate of drug-likeness (QED) is 0.533. The van der Waals surface area contributed by atoms with E-state index in [-0.39, 0.29) is 51.6 Å². The van der Waals surface area contributed by atoms with Crippen LogP contribution in [0.1, 0.15) is 57.5 Å². The highest BCUT2D eigenvalue weighted by atomic mass is 16.6. The Morgan fingerprint density at radius 3 is 2.53 bits per heavy atom. The normalized spacial score (nSPS) is 25.6. The number of hydrogen-bond donors (Lipinski definition) is 2. The molecule has 3 aliphatic heterocycles. The first-order valence-corrected chi connectivity index (χ1v) is 11.3. The molecule has 178 valence electrons. The van der Waals surface area contributed by atoms with Crippen molar-refractivity contribution in [1.82, 2.24) is 0 Å². The van der Waals surface area contributed by atoms with E-state index >= 15 is 0 Å². The maximum absolute atomic E-state index is 13.7. The van der Waals surface area contributed by atoms with Gasteiger partial charge in [-0.25, -0.2) is 0 Å². The van der Waals surface area contributed by atoms with E-state index in [0.717, 1.165) is 0 Å². The molecule has 2 aromatic carbocycles. The van der Waals surface area contributed by atoms with Crippen molar-refractivity contribution < 1.29 is 33.6 Å². The second kappa shape index (κ2) is 6.67. The van der Waals surface area contributed by atoms with E-state index in [1.807, 2.05) is 27.7 Å². The standard InChI is InChI=1S/C26H26O8/c1-25(2)9-15(33-25)16-20(29)17-19(28)12(11-6-7-13(27)14(8-11)30-5)10-31-21(17)18-22(16)34-26(3,4)24-23(18)32-24/h6-8,10,15,23-24,27,29H,9H2,1-5H3. The van der Waals surface area contributed by atoms with Gasteiger partial charge in [0.1, 0.15) is 41.0 Å². The van der Waals surface area contributed by atoms with Crippen LogP contribution in [-0.4, -0.2) is 34.6 Å². The van der Waals surface area contributed by atoms with Crippen LogP contribution in [0.5, 0.6) is 23.0 Å². The van der Waals surface area contributed by atoms with Gasteiger partial charge < -0.3 is 33.6 Å². The molecule has 2 N–H and O–H groups in total. The number of phenolic OH excluding ortho intramolecular Hbond substituents is 2. The zero-order chi connectivity index (χ0) is 24.2. The molecule has 0 radical (unpaired) electrons. The maximum atomic E-state index is 13.7. The molecule has 4 heterocycles. The molecule has 3 aliphatic rings. The van der Waals surface area contributed by atoms with Crippen molar-refractivity contribution >= 4 is 11.0 Å². The van der Waals surface area contributed by atoms with Gasteiger partial charge in [0, 0.05) is 6.42 Å². The van der Waals surface area contributed by atoms with Crippen LogP contribution in [0.2, 0.25) is 0 Å². The average Bonchev–Trinajstić information content (AvgIpc) is 3.55. The predicted octanol–water partition coefficient (Wildman–Crippen LogP) is 4.73. The van der Waals surface area contributed by atoms with Crippen LogP contribution in [-0.2, 0) is 9.47 Å². The summed E-state index contributed by atoms with van der Waals surface area (Å²) in [5.41, 5.74) is 0.707. The summed E-state index contributed by atoms with van der Waals surface area (Å²) >= 11 is 0. The first-order chi connectivity index (χ1) is 16.0. The minimum atomic E-state index is -0.603. The molecule has 34 heavy (non-hydrogen) atoms. The molecule has 0 amide bonds. The number of aromatic hydroxyl groups is 2. The molecule has 0 spiro atoms. The van der Waals surface area contributed by atoms with Crippen LogP contribution >= 0.6 is 0 Å². The summed E-state index contributed by atoms with van der Waals surface area (Å²) in [6.07, 6.45) is 1.13. The molecular weight excluding hydrogens is 440 g/mol. The molecule has 8 nitrogen and oxygen atoms in total. The fourth-order valence-electron chi connectivity index (χ4n) is 5.25. The lowest BCUT2D eigenvalue weighted by atomic mass is 9.83. The number of hydrogen-bond acceptors (Lipinski definition) is 8. The van der Waals surface area contributed by atoms with Crippen LogP contribution in [0.15, 0.2) is 33.7 Å². The van der Waals surface area contributed by atoms with Crippen molar-refractivity contribution in [2.45, 2.75) is 63.6 Å². The lowest BCUT2D eigenvalue weighted by Crippen LogP contribution is -2.42. The second-order valence-corrected chi connectivity index (χ2v) is 10.3. The number of rotatable bonds is 3. The second-order valence-electron chi connectivity index (χ2n) is 10.3. The van der Waals surface area contributed by atoms with E-state index in [4.69, 9.17) is 23.4 Å². The Labute approximate surface area is 195 Å². The smallest absolute Gasteiger partial charge is 0.204 e. The van der Waals surface area contributed by atoms with Gasteiger partial charge >= 0.3 is 0 Å². The summed E-state index contributed by atoms with van der Waals surface area (Å²) in [5.74, 6) is 0.446. The van der Waals surface area contributed by atoms with Crippen molar-refractivity contribution in [2.75, 3.05) is 7.11 Å². The highest BCUT2D eigenvalue weighted by molar-refractivity contribution is 5.94. The molecule has 3 aromatic rings.